The molecule has 5 heteroatoms. The maximum atomic E-state index is 12.6. The summed E-state index contributed by atoms with van der Waals surface area (Å²) in [4.78, 5) is 6.07. The van der Waals surface area contributed by atoms with Crippen molar-refractivity contribution in [3.63, 3.8) is 0 Å². The predicted octanol–water partition coefficient (Wildman–Crippen LogP) is 2.69. The molecule has 0 aliphatic heterocycles. The molecular formula is C9H6F3N2. The molecule has 14 heavy (non-hydrogen) atoms. The van der Waals surface area contributed by atoms with Crippen molar-refractivity contribution in [3.8, 4) is 0 Å². The van der Waals surface area contributed by atoms with E-state index in [1.54, 1.807) is 6.07 Å². The van der Waals surface area contributed by atoms with Crippen LogP contribution in [0, 0.1) is 13.3 Å². The lowest BCUT2D eigenvalue weighted by Gasteiger charge is -2.09. The third kappa shape index (κ3) is 1.25. The molecule has 1 N–H and O–H groups in total. The Morgan fingerprint density at radius 2 is 2.07 bits per heavy atom. The van der Waals surface area contributed by atoms with Gasteiger partial charge in [-0.3, -0.25) is 0 Å². The molecule has 0 aliphatic carbocycles. The van der Waals surface area contributed by atoms with Crippen molar-refractivity contribution in [1.29, 1.82) is 0 Å². The minimum Gasteiger partial charge on any atom is -0.335 e. The molecule has 0 atom stereocenters. The Morgan fingerprint density at radius 3 is 2.71 bits per heavy atom. The van der Waals surface area contributed by atoms with E-state index in [0.717, 1.165) is 0 Å². The number of nitrogens with zero attached hydrogens (tertiary/aromatic N) is 1. The van der Waals surface area contributed by atoms with Crippen LogP contribution in [0.15, 0.2) is 12.1 Å². The van der Waals surface area contributed by atoms with E-state index in [1.165, 1.54) is 13.0 Å². The molecule has 2 rings (SSSR count). The molecule has 0 unspecified atom stereocenters. The quantitative estimate of drug-likeness (QED) is 0.694. The first kappa shape index (κ1) is 9.05. The van der Waals surface area contributed by atoms with Crippen LogP contribution in [0.4, 0.5) is 13.2 Å². The van der Waals surface area contributed by atoms with Gasteiger partial charge in [0.1, 0.15) is 5.52 Å². The SMILES string of the molecule is Cc1ccc2[nH][c]nc2c1C(F)(F)F. The van der Waals surface area contributed by atoms with Gasteiger partial charge < -0.3 is 4.98 Å². The minimum atomic E-state index is -4.37. The van der Waals surface area contributed by atoms with E-state index in [4.69, 9.17) is 0 Å². The van der Waals surface area contributed by atoms with Gasteiger partial charge in [0.15, 0.2) is 6.33 Å². The Labute approximate surface area is 77.8 Å². The molecule has 0 amide bonds. The number of halogens is 3. The van der Waals surface area contributed by atoms with E-state index >= 15 is 0 Å². The van der Waals surface area contributed by atoms with Crippen molar-refractivity contribution in [2.45, 2.75) is 13.1 Å². The average Bonchev–Trinajstić information content (AvgIpc) is 2.48. The highest BCUT2D eigenvalue weighted by molar-refractivity contribution is 5.80. The van der Waals surface area contributed by atoms with Gasteiger partial charge in [0, 0.05) is 0 Å². The van der Waals surface area contributed by atoms with E-state index in [0.29, 0.717) is 5.52 Å². The number of fused-ring (bicyclic) bond motifs is 1. The lowest BCUT2D eigenvalue weighted by molar-refractivity contribution is -0.136. The van der Waals surface area contributed by atoms with Crippen molar-refractivity contribution in [3.05, 3.63) is 29.6 Å². The molecular weight excluding hydrogens is 193 g/mol. The van der Waals surface area contributed by atoms with Crippen LogP contribution in [0.5, 0.6) is 0 Å². The standard InChI is InChI=1S/C9H6F3N2/c1-5-2-3-6-8(14-4-13-6)7(5)9(10,11)12/h2-3H,1H3,(H,13,14). The van der Waals surface area contributed by atoms with Gasteiger partial charge in [-0.05, 0) is 18.6 Å². The van der Waals surface area contributed by atoms with Gasteiger partial charge in [-0.25, -0.2) is 4.98 Å². The number of imidazole rings is 1. The summed E-state index contributed by atoms with van der Waals surface area (Å²) in [5.41, 5.74) is -0.238. The zero-order valence-electron chi connectivity index (χ0n) is 7.24. The molecule has 0 fully saturated rings. The Hall–Kier alpha value is -1.52. The van der Waals surface area contributed by atoms with Gasteiger partial charge in [0.05, 0.1) is 11.1 Å². The van der Waals surface area contributed by atoms with Crippen molar-refractivity contribution in [1.82, 2.24) is 9.97 Å². The molecule has 0 aliphatic rings. The van der Waals surface area contributed by atoms with Crippen LogP contribution in [0.3, 0.4) is 0 Å². The van der Waals surface area contributed by atoms with E-state index < -0.39 is 11.7 Å². The molecule has 0 spiro atoms. The summed E-state index contributed by atoms with van der Waals surface area (Å²) < 4.78 is 37.8. The summed E-state index contributed by atoms with van der Waals surface area (Å²) in [6, 6.07) is 2.97. The summed E-state index contributed by atoms with van der Waals surface area (Å²) in [6.45, 7) is 1.41. The Bertz CT molecular complexity index is 470. The highest BCUT2D eigenvalue weighted by Crippen LogP contribution is 2.35. The number of H-pyrrole nitrogens is 1. The summed E-state index contributed by atoms with van der Waals surface area (Å²) in [5.74, 6) is 0. The molecule has 1 heterocycles. The van der Waals surface area contributed by atoms with Gasteiger partial charge in [0.25, 0.3) is 0 Å². The number of alkyl halides is 3. The van der Waals surface area contributed by atoms with Crippen LogP contribution in [0.1, 0.15) is 11.1 Å². The van der Waals surface area contributed by atoms with E-state index in [9.17, 15) is 13.2 Å². The van der Waals surface area contributed by atoms with Crippen molar-refractivity contribution in [2.24, 2.45) is 0 Å². The molecule has 0 bridgehead atoms. The minimum absolute atomic E-state index is 0.0718. The third-order valence-electron chi connectivity index (χ3n) is 2.03. The number of aromatic nitrogens is 2. The molecule has 1 radical (unpaired) electrons. The van der Waals surface area contributed by atoms with Crippen LogP contribution >= 0.6 is 0 Å². The smallest absolute Gasteiger partial charge is 0.335 e. The number of rotatable bonds is 0. The van der Waals surface area contributed by atoms with E-state index in [2.05, 4.69) is 16.3 Å². The second-order valence-corrected chi connectivity index (χ2v) is 3.00. The molecule has 1 aromatic carbocycles. The maximum absolute atomic E-state index is 12.6. The Kier molecular flexibility index (Phi) is 1.77. The Morgan fingerprint density at radius 1 is 1.36 bits per heavy atom. The van der Waals surface area contributed by atoms with Gasteiger partial charge in [-0.1, -0.05) is 6.07 Å². The molecule has 1 aromatic heterocycles. The monoisotopic (exact) mass is 199 g/mol. The van der Waals surface area contributed by atoms with Gasteiger partial charge in [0.2, 0.25) is 0 Å². The average molecular weight is 199 g/mol. The first-order valence-electron chi connectivity index (χ1n) is 3.92. The lowest BCUT2D eigenvalue weighted by Crippen LogP contribution is -2.08. The highest BCUT2D eigenvalue weighted by atomic mass is 19.4. The van der Waals surface area contributed by atoms with Crippen LogP contribution in [0.2, 0.25) is 0 Å². The fraction of sp³-hybridized carbons (Fsp3) is 0.222. The topological polar surface area (TPSA) is 28.7 Å². The third-order valence-corrected chi connectivity index (χ3v) is 2.03. The van der Waals surface area contributed by atoms with E-state index in [-0.39, 0.29) is 11.1 Å². The number of hydrogen-bond acceptors (Lipinski definition) is 1. The molecule has 0 saturated heterocycles. The van der Waals surface area contributed by atoms with Crippen LogP contribution in [0.25, 0.3) is 11.0 Å². The summed E-state index contributed by atoms with van der Waals surface area (Å²) in [7, 11) is 0. The first-order chi connectivity index (χ1) is 6.50. The lowest BCUT2D eigenvalue weighted by atomic mass is 10.1. The Balaban J connectivity index is 2.83. The van der Waals surface area contributed by atoms with Crippen molar-refractivity contribution < 1.29 is 13.2 Å². The molecule has 0 saturated carbocycles. The van der Waals surface area contributed by atoms with Gasteiger partial charge in [-0.2, -0.15) is 13.2 Å². The fourth-order valence-electron chi connectivity index (χ4n) is 1.41. The van der Waals surface area contributed by atoms with Gasteiger partial charge >= 0.3 is 6.18 Å². The molecule has 2 aromatic rings. The zero-order chi connectivity index (χ0) is 10.3. The zero-order valence-corrected chi connectivity index (χ0v) is 7.24. The van der Waals surface area contributed by atoms with E-state index in [1.807, 2.05) is 0 Å². The number of nitrogens with one attached hydrogen (secondary N) is 1. The van der Waals surface area contributed by atoms with Gasteiger partial charge in [-0.15, -0.1) is 0 Å². The molecule has 73 valence electrons. The fourth-order valence-corrected chi connectivity index (χ4v) is 1.41. The largest absolute Gasteiger partial charge is 0.418 e. The second-order valence-electron chi connectivity index (χ2n) is 3.00. The number of aryl methyl sites for hydroxylation is 1. The number of aromatic amines is 1. The van der Waals surface area contributed by atoms with Crippen LogP contribution in [-0.2, 0) is 6.18 Å². The second kappa shape index (κ2) is 2.73. The highest BCUT2D eigenvalue weighted by Gasteiger charge is 2.35. The molecule has 2 nitrogen and oxygen atoms in total. The number of hydrogen-bond donors (Lipinski definition) is 1. The maximum Gasteiger partial charge on any atom is 0.418 e. The van der Waals surface area contributed by atoms with Crippen molar-refractivity contribution in [2.75, 3.05) is 0 Å². The number of benzene rings is 1. The normalized spacial score (nSPS) is 12.3. The summed E-state index contributed by atoms with van der Waals surface area (Å²) in [5, 5.41) is 0. The summed E-state index contributed by atoms with van der Waals surface area (Å²) in [6.07, 6.45) is -2.07. The van der Waals surface area contributed by atoms with Crippen LogP contribution in [-0.4, -0.2) is 9.97 Å². The van der Waals surface area contributed by atoms with Crippen molar-refractivity contribution >= 4 is 11.0 Å². The van der Waals surface area contributed by atoms with Crippen LogP contribution < -0.4 is 0 Å². The predicted molar refractivity (Wildman–Crippen MR) is 44.7 cm³/mol. The summed E-state index contributed by atoms with van der Waals surface area (Å²) >= 11 is 0. The first-order valence-corrected chi connectivity index (χ1v) is 3.92.